The summed E-state index contributed by atoms with van der Waals surface area (Å²) in [6.07, 6.45) is 9.19. The lowest BCUT2D eigenvalue weighted by Crippen LogP contribution is -2.32. The predicted octanol–water partition coefficient (Wildman–Crippen LogP) is 3.40. The number of carbonyl (C=O) groups is 1. The van der Waals surface area contributed by atoms with Crippen molar-refractivity contribution in [3.63, 3.8) is 0 Å². The average molecular weight is 572 g/mol. The van der Waals surface area contributed by atoms with Gasteiger partial charge < -0.3 is 25.4 Å². The van der Waals surface area contributed by atoms with E-state index in [-0.39, 0.29) is 63.0 Å². The number of aliphatic imine (C=N–C) groups is 1. The Morgan fingerprint density at radius 1 is 1.26 bits per heavy atom. The van der Waals surface area contributed by atoms with Crippen LogP contribution in [0.1, 0.15) is 12.0 Å². The number of amides is 1. The average Bonchev–Trinajstić information content (AvgIpc) is 3.21. The smallest absolute Gasteiger partial charge is 0.318 e. The molecule has 3 heterocycles. The fourth-order valence-corrected chi connectivity index (χ4v) is 4.87. The van der Waals surface area contributed by atoms with Crippen molar-refractivity contribution in [2.75, 3.05) is 45.7 Å². The summed E-state index contributed by atoms with van der Waals surface area (Å²) >= 11 is 0. The van der Waals surface area contributed by atoms with Crippen molar-refractivity contribution in [1.29, 1.82) is 0 Å². The van der Waals surface area contributed by atoms with Crippen molar-refractivity contribution in [3.05, 3.63) is 59.4 Å². The number of halogens is 2. The van der Waals surface area contributed by atoms with Crippen LogP contribution < -0.4 is 15.4 Å². The molecule has 0 aliphatic carbocycles. The number of carbonyl (C=O) groups excluding carboxylic acids is 1. The molecule has 10 nitrogen and oxygen atoms in total. The lowest BCUT2D eigenvalue weighted by atomic mass is 9.96. The first-order valence-electron chi connectivity index (χ1n) is 12.9. The molecule has 214 valence electrons. The van der Waals surface area contributed by atoms with Gasteiger partial charge in [0.2, 0.25) is 0 Å². The van der Waals surface area contributed by atoms with Crippen LogP contribution in [0, 0.1) is 24.0 Å². The van der Waals surface area contributed by atoms with E-state index in [4.69, 9.17) is 16.9 Å². The van der Waals surface area contributed by atoms with E-state index in [1.165, 1.54) is 48.5 Å². The van der Waals surface area contributed by atoms with Gasteiger partial charge in [0.1, 0.15) is 28.6 Å². The third-order valence-electron chi connectivity index (χ3n) is 6.81. The van der Waals surface area contributed by atoms with Crippen LogP contribution in [0.3, 0.4) is 0 Å². The summed E-state index contributed by atoms with van der Waals surface area (Å²) in [7, 11) is 4.56. The minimum absolute atomic E-state index is 0.0317. The fourth-order valence-electron chi connectivity index (χ4n) is 4.87. The van der Waals surface area contributed by atoms with Gasteiger partial charge in [-0.15, -0.1) is 6.42 Å². The number of rotatable bonds is 5. The molecule has 4 aromatic rings. The van der Waals surface area contributed by atoms with Crippen molar-refractivity contribution >= 4 is 39.1 Å². The maximum atomic E-state index is 16.4. The molecule has 1 aliphatic heterocycles. The molecule has 2 aromatic heterocycles. The molecule has 0 fully saturated rings. The van der Waals surface area contributed by atoms with Crippen LogP contribution in [-0.4, -0.2) is 77.4 Å². The van der Waals surface area contributed by atoms with Gasteiger partial charge >= 0.3 is 6.01 Å². The maximum absolute atomic E-state index is 16.4. The SMILES string of the molecule is C#Cc1c(F)ccc2cc(O)cc(-c3ncc4c(N5CCCN=C(C=C(N)C(=O)N(C)C)C5)nc(OC)nc4c3F)c12. The van der Waals surface area contributed by atoms with Crippen LogP contribution in [0.5, 0.6) is 11.8 Å². The molecule has 0 saturated heterocycles. The van der Waals surface area contributed by atoms with Crippen molar-refractivity contribution in [3.8, 4) is 35.4 Å². The number of nitrogens with zero attached hydrogens (tertiary/aromatic N) is 6. The highest BCUT2D eigenvalue weighted by molar-refractivity contribution is 6.06. The van der Waals surface area contributed by atoms with Gasteiger partial charge in [-0.2, -0.15) is 9.97 Å². The minimum atomic E-state index is -0.835. The lowest BCUT2D eigenvalue weighted by Gasteiger charge is -2.24. The summed E-state index contributed by atoms with van der Waals surface area (Å²) in [5.41, 5.74) is 6.32. The summed E-state index contributed by atoms with van der Waals surface area (Å²) in [6.45, 7) is 1.21. The number of aromatic hydroxyl groups is 1. The summed E-state index contributed by atoms with van der Waals surface area (Å²) in [4.78, 5) is 33.2. The molecule has 0 saturated carbocycles. The van der Waals surface area contributed by atoms with E-state index >= 15 is 4.39 Å². The molecule has 1 aliphatic rings. The molecule has 12 heteroatoms. The molecule has 1 amide bonds. The number of ether oxygens (including phenoxy) is 1. The highest BCUT2D eigenvalue weighted by Gasteiger charge is 2.24. The number of likely N-dealkylation sites (N-methyl/N-ethyl adjacent to an activating group) is 1. The molecule has 0 bridgehead atoms. The van der Waals surface area contributed by atoms with Crippen molar-refractivity contribution in [1.82, 2.24) is 19.9 Å². The largest absolute Gasteiger partial charge is 0.508 e. The predicted molar refractivity (Wildman–Crippen MR) is 156 cm³/mol. The number of phenolic OH excluding ortho intramolecular Hbond substituents is 1. The van der Waals surface area contributed by atoms with Crippen molar-refractivity contribution in [2.45, 2.75) is 6.42 Å². The van der Waals surface area contributed by atoms with Gasteiger partial charge in [-0.1, -0.05) is 12.0 Å². The lowest BCUT2D eigenvalue weighted by molar-refractivity contribution is -0.124. The molecule has 0 spiro atoms. The number of terminal acetylenes is 1. The summed E-state index contributed by atoms with van der Waals surface area (Å²) in [6, 6.07) is 5.23. The third-order valence-corrected chi connectivity index (χ3v) is 6.81. The van der Waals surface area contributed by atoms with Crippen molar-refractivity contribution < 1.29 is 23.4 Å². The van der Waals surface area contributed by atoms with Crippen molar-refractivity contribution in [2.24, 2.45) is 10.7 Å². The van der Waals surface area contributed by atoms with E-state index in [2.05, 4.69) is 25.9 Å². The number of methoxy groups -OCH3 is 1. The Hall–Kier alpha value is -5.31. The Balaban J connectivity index is 1.67. The first-order chi connectivity index (χ1) is 20.1. The zero-order valence-electron chi connectivity index (χ0n) is 23.2. The molecular formula is C30H27F2N7O3. The number of fused-ring (bicyclic) bond motifs is 2. The van der Waals surface area contributed by atoms with Gasteiger partial charge in [0.15, 0.2) is 5.82 Å². The van der Waals surface area contributed by atoms with E-state index in [0.717, 1.165) is 0 Å². The van der Waals surface area contributed by atoms with E-state index in [1.54, 1.807) is 14.1 Å². The van der Waals surface area contributed by atoms with E-state index < -0.39 is 11.6 Å². The van der Waals surface area contributed by atoms with E-state index in [0.29, 0.717) is 36.4 Å². The minimum Gasteiger partial charge on any atom is -0.508 e. The van der Waals surface area contributed by atoms with Gasteiger partial charge in [-0.25, -0.2) is 8.78 Å². The highest BCUT2D eigenvalue weighted by Crippen LogP contribution is 2.38. The first kappa shape index (κ1) is 28.2. The number of benzene rings is 2. The van der Waals surface area contributed by atoms with Gasteiger partial charge in [0.05, 0.1) is 36.0 Å². The first-order valence-corrected chi connectivity index (χ1v) is 12.9. The monoisotopic (exact) mass is 571 g/mol. The Morgan fingerprint density at radius 2 is 2.05 bits per heavy atom. The number of aromatic nitrogens is 3. The zero-order valence-corrected chi connectivity index (χ0v) is 23.2. The fraction of sp³-hybridized carbons (Fsp3) is 0.233. The third kappa shape index (κ3) is 5.12. The highest BCUT2D eigenvalue weighted by atomic mass is 19.1. The van der Waals surface area contributed by atoms with E-state index in [9.17, 15) is 14.3 Å². The molecule has 2 aromatic carbocycles. The Morgan fingerprint density at radius 3 is 2.76 bits per heavy atom. The Bertz CT molecular complexity index is 1850. The second-order valence-corrected chi connectivity index (χ2v) is 9.82. The molecule has 5 rings (SSSR count). The van der Waals surface area contributed by atoms with Crippen LogP contribution in [0.25, 0.3) is 32.9 Å². The summed E-state index contributed by atoms with van der Waals surface area (Å²) < 4.78 is 36.3. The standard InChI is InChI=1S/C30H27F2N7O3/c1-5-19-22(31)8-7-16-11-18(40)13-20(24(16)19)26-25(32)27-21(14-35-26)28(37-30(36-27)42-4)39-10-6-9-34-17(15-39)12-23(33)29(41)38(2)3/h1,7-8,11-14,40H,6,9-10,15,33H2,2-4H3. The number of nitrogens with two attached hydrogens (primary N) is 1. The molecule has 0 unspecified atom stereocenters. The normalized spacial score (nSPS) is 14.0. The second kappa shape index (κ2) is 11.3. The van der Waals surface area contributed by atoms with Crippen LogP contribution in [0.15, 0.2) is 47.2 Å². The topological polar surface area (TPSA) is 130 Å². The number of pyridine rings is 1. The van der Waals surface area contributed by atoms with E-state index in [1.807, 2.05) is 4.90 Å². The molecule has 3 N–H and O–H groups in total. The van der Waals surface area contributed by atoms with Gasteiger partial charge in [0.25, 0.3) is 5.91 Å². The summed E-state index contributed by atoms with van der Waals surface area (Å²) in [5.74, 6) is 0.638. The molecule has 0 atom stereocenters. The quantitative estimate of drug-likeness (QED) is 0.276. The van der Waals surface area contributed by atoms with Gasteiger partial charge in [-0.3, -0.25) is 14.8 Å². The molecule has 42 heavy (non-hydrogen) atoms. The van der Waals surface area contributed by atoms with Crippen LogP contribution in [0.4, 0.5) is 14.6 Å². The molecule has 0 radical (unpaired) electrons. The van der Waals surface area contributed by atoms with Crippen LogP contribution in [-0.2, 0) is 4.79 Å². The van der Waals surface area contributed by atoms with Gasteiger partial charge in [0, 0.05) is 44.3 Å². The number of phenols is 1. The number of hydrogen-bond acceptors (Lipinski definition) is 9. The second-order valence-electron chi connectivity index (χ2n) is 9.82. The molecular weight excluding hydrogens is 544 g/mol. The van der Waals surface area contributed by atoms with Crippen LogP contribution in [0.2, 0.25) is 0 Å². The Labute approximate surface area is 240 Å². The zero-order chi connectivity index (χ0) is 30.1. The number of anilines is 1. The maximum Gasteiger partial charge on any atom is 0.318 e. The summed E-state index contributed by atoms with van der Waals surface area (Å²) in [5, 5.41) is 11.3. The van der Waals surface area contributed by atoms with Crippen LogP contribution >= 0.6 is 0 Å². The Kier molecular flexibility index (Phi) is 7.58. The number of hydrogen-bond donors (Lipinski definition) is 2. The van der Waals surface area contributed by atoms with Gasteiger partial charge in [-0.05, 0) is 36.1 Å².